The van der Waals surface area contributed by atoms with Gasteiger partial charge in [0.2, 0.25) is 5.88 Å². The van der Waals surface area contributed by atoms with E-state index in [1.54, 1.807) is 0 Å². The van der Waals surface area contributed by atoms with Gasteiger partial charge in [-0.1, -0.05) is 63.3 Å². The fourth-order valence-electron chi connectivity index (χ4n) is 5.46. The van der Waals surface area contributed by atoms with Gasteiger partial charge < -0.3 is 24.7 Å². The number of Topliss-reactive ketones (excluding diaryl/α,β-unsaturated/α-hetero) is 1. The van der Waals surface area contributed by atoms with Crippen LogP contribution in [0.15, 0.2) is 30.5 Å². The number of rotatable bonds is 11. The smallest absolute Gasteiger partial charge is 0.289 e. The van der Waals surface area contributed by atoms with Crippen molar-refractivity contribution in [3.63, 3.8) is 0 Å². The molecular weight excluding hydrogens is 458 g/mol. The zero-order chi connectivity index (χ0) is 25.7. The fourth-order valence-corrected chi connectivity index (χ4v) is 5.46. The summed E-state index contributed by atoms with van der Waals surface area (Å²) in [5.41, 5.74) is 10.9. The molecule has 8 nitrogen and oxygen atoms in total. The molecule has 2 heterocycles. The van der Waals surface area contributed by atoms with Gasteiger partial charge in [0.1, 0.15) is 12.3 Å². The summed E-state index contributed by atoms with van der Waals surface area (Å²) < 4.78 is 12.5. The number of fused-ring (bicyclic) bond motifs is 1. The van der Waals surface area contributed by atoms with E-state index in [-0.39, 0.29) is 18.2 Å². The molecule has 3 N–H and O–H groups in total. The average Bonchev–Trinajstić information content (AvgIpc) is 3.18. The van der Waals surface area contributed by atoms with Gasteiger partial charge in [-0.2, -0.15) is 0 Å². The number of carbonyl (C=O) groups excluding carboxylic acids is 2. The molecule has 0 atom stereocenters. The first-order valence-corrected chi connectivity index (χ1v) is 12.7. The highest BCUT2D eigenvalue weighted by Gasteiger charge is 2.29. The fraction of sp³-hybridized carbons (Fsp3) is 0.464. The number of aromatic nitrogens is 2. The molecule has 1 aliphatic carbocycles. The van der Waals surface area contributed by atoms with E-state index in [0.29, 0.717) is 30.0 Å². The third-order valence-electron chi connectivity index (χ3n) is 7.10. The van der Waals surface area contributed by atoms with Crippen LogP contribution >= 0.6 is 0 Å². The number of primary amides is 1. The number of hydrogen-bond acceptors (Lipinski definition) is 6. The first-order valence-electron chi connectivity index (χ1n) is 12.7. The standard InChI is InChI=1S/C28H35N3O5/c1-3-22-23(14-21-12-8-7-11-20(21)13-19-9-5-4-6-10-19)31-15-18(2)30-28(36-17-35-16-32)25(31)24(22)26(33)27(29)34/h7-8,11-12,15,19,32H,3-6,9-10,13-14,16-17H2,1-2H3,(H2,29,34). The maximum absolute atomic E-state index is 13.1. The lowest BCUT2D eigenvalue weighted by molar-refractivity contribution is -0.114. The van der Waals surface area contributed by atoms with Gasteiger partial charge in [-0.3, -0.25) is 9.59 Å². The third kappa shape index (κ3) is 5.44. The Balaban J connectivity index is 1.84. The van der Waals surface area contributed by atoms with Crippen molar-refractivity contribution in [1.82, 2.24) is 9.38 Å². The monoisotopic (exact) mass is 493 g/mol. The second kappa shape index (κ2) is 11.7. The molecule has 0 bridgehead atoms. The number of carbonyl (C=O) groups is 2. The average molecular weight is 494 g/mol. The Morgan fingerprint density at radius 3 is 2.56 bits per heavy atom. The van der Waals surface area contributed by atoms with Gasteiger partial charge in [-0.25, -0.2) is 4.98 Å². The molecule has 0 radical (unpaired) electrons. The zero-order valence-corrected chi connectivity index (χ0v) is 21.1. The lowest BCUT2D eigenvalue weighted by Gasteiger charge is -2.23. The second-order valence-corrected chi connectivity index (χ2v) is 9.50. The van der Waals surface area contributed by atoms with Crippen LogP contribution in [0.5, 0.6) is 5.88 Å². The predicted molar refractivity (Wildman–Crippen MR) is 136 cm³/mol. The van der Waals surface area contributed by atoms with Crippen molar-refractivity contribution in [2.24, 2.45) is 11.7 Å². The second-order valence-electron chi connectivity index (χ2n) is 9.50. The molecule has 4 rings (SSSR count). The van der Waals surface area contributed by atoms with Crippen LogP contribution in [0.2, 0.25) is 0 Å². The number of ether oxygens (including phenoxy) is 2. The number of ketones is 1. The number of aryl methyl sites for hydroxylation is 1. The van der Waals surface area contributed by atoms with Gasteiger partial charge in [0, 0.05) is 18.3 Å². The molecule has 0 saturated heterocycles. The molecule has 1 fully saturated rings. The number of nitrogens with two attached hydrogens (primary N) is 1. The van der Waals surface area contributed by atoms with Gasteiger partial charge in [0.15, 0.2) is 6.79 Å². The molecular formula is C28H35N3O5. The number of benzene rings is 1. The predicted octanol–water partition coefficient (Wildman–Crippen LogP) is 3.89. The topological polar surface area (TPSA) is 116 Å². The van der Waals surface area contributed by atoms with E-state index >= 15 is 0 Å². The summed E-state index contributed by atoms with van der Waals surface area (Å²) in [7, 11) is 0. The van der Waals surface area contributed by atoms with Crippen LogP contribution in [0.1, 0.15) is 77.5 Å². The molecule has 1 amide bonds. The molecule has 192 valence electrons. The zero-order valence-electron chi connectivity index (χ0n) is 21.1. The SMILES string of the molecule is CCc1c(C(=O)C(N)=O)c2c(OCOCO)nc(C)cn2c1Cc1ccccc1CC1CCCCC1. The van der Waals surface area contributed by atoms with Crippen molar-refractivity contribution in [2.75, 3.05) is 13.6 Å². The third-order valence-corrected chi connectivity index (χ3v) is 7.10. The van der Waals surface area contributed by atoms with E-state index in [1.807, 2.05) is 30.5 Å². The summed E-state index contributed by atoms with van der Waals surface area (Å²) >= 11 is 0. The van der Waals surface area contributed by atoms with E-state index in [2.05, 4.69) is 23.2 Å². The highest BCUT2D eigenvalue weighted by Crippen LogP contribution is 2.34. The highest BCUT2D eigenvalue weighted by molar-refractivity contribution is 6.44. The number of nitrogens with zero attached hydrogens (tertiary/aromatic N) is 2. The minimum atomic E-state index is -1.03. The van der Waals surface area contributed by atoms with Crippen molar-refractivity contribution in [1.29, 1.82) is 0 Å². The molecule has 3 aromatic rings. The molecule has 1 aromatic carbocycles. The van der Waals surface area contributed by atoms with Gasteiger partial charge >= 0.3 is 0 Å². The van der Waals surface area contributed by atoms with Crippen molar-refractivity contribution in [2.45, 2.75) is 65.2 Å². The Morgan fingerprint density at radius 1 is 1.17 bits per heavy atom. The van der Waals surface area contributed by atoms with Crippen LogP contribution < -0.4 is 10.5 Å². The number of aliphatic hydroxyl groups is 1. The molecule has 0 spiro atoms. The largest absolute Gasteiger partial charge is 0.449 e. The van der Waals surface area contributed by atoms with Crippen LogP contribution in [0.25, 0.3) is 5.52 Å². The van der Waals surface area contributed by atoms with Crippen LogP contribution in [0, 0.1) is 12.8 Å². The summed E-state index contributed by atoms with van der Waals surface area (Å²) in [4.78, 5) is 29.6. The lowest BCUT2D eigenvalue weighted by Crippen LogP contribution is -2.24. The van der Waals surface area contributed by atoms with Gasteiger partial charge in [-0.05, 0) is 42.4 Å². The minimum Gasteiger partial charge on any atom is -0.449 e. The molecule has 0 unspecified atom stereocenters. The Morgan fingerprint density at radius 2 is 1.89 bits per heavy atom. The summed E-state index contributed by atoms with van der Waals surface area (Å²) in [6.45, 7) is 3.03. The lowest BCUT2D eigenvalue weighted by atomic mass is 9.83. The summed E-state index contributed by atoms with van der Waals surface area (Å²) in [5, 5.41) is 8.98. The summed E-state index contributed by atoms with van der Waals surface area (Å²) in [5.74, 6) is -0.951. The molecule has 1 aliphatic rings. The van der Waals surface area contributed by atoms with E-state index in [0.717, 1.165) is 17.7 Å². The molecule has 8 heteroatoms. The Bertz CT molecular complexity index is 1240. The number of hydrogen-bond donors (Lipinski definition) is 2. The van der Waals surface area contributed by atoms with Crippen molar-refractivity contribution >= 4 is 17.2 Å². The molecule has 0 aliphatic heterocycles. The van der Waals surface area contributed by atoms with E-state index in [4.69, 9.17) is 20.3 Å². The van der Waals surface area contributed by atoms with Crippen molar-refractivity contribution in [3.8, 4) is 5.88 Å². The quantitative estimate of drug-likeness (QED) is 0.181. The maximum Gasteiger partial charge on any atom is 0.289 e. The van der Waals surface area contributed by atoms with Gasteiger partial charge in [0.05, 0.1) is 11.3 Å². The van der Waals surface area contributed by atoms with E-state index in [9.17, 15) is 9.59 Å². The van der Waals surface area contributed by atoms with Crippen molar-refractivity contribution in [3.05, 3.63) is 64.1 Å². The first-order chi connectivity index (χ1) is 17.4. The van der Waals surface area contributed by atoms with Crippen LogP contribution in [0.3, 0.4) is 0 Å². The van der Waals surface area contributed by atoms with E-state index in [1.165, 1.54) is 43.2 Å². The number of aliphatic hydroxyl groups excluding tert-OH is 1. The molecule has 36 heavy (non-hydrogen) atoms. The minimum absolute atomic E-state index is 0.157. The van der Waals surface area contributed by atoms with Gasteiger partial charge in [-0.15, -0.1) is 0 Å². The normalized spacial score (nSPS) is 14.3. The first kappa shape index (κ1) is 25.9. The van der Waals surface area contributed by atoms with Crippen molar-refractivity contribution < 1.29 is 24.2 Å². The molecule has 1 saturated carbocycles. The highest BCUT2D eigenvalue weighted by atomic mass is 16.7. The van der Waals surface area contributed by atoms with E-state index < -0.39 is 18.5 Å². The Kier molecular flexibility index (Phi) is 8.38. The maximum atomic E-state index is 13.1. The molecule has 2 aromatic heterocycles. The number of amides is 1. The van der Waals surface area contributed by atoms with Crippen LogP contribution in [-0.2, 0) is 28.8 Å². The van der Waals surface area contributed by atoms with Crippen LogP contribution in [0.4, 0.5) is 0 Å². The summed E-state index contributed by atoms with van der Waals surface area (Å²) in [6.07, 6.45) is 10.5. The summed E-state index contributed by atoms with van der Waals surface area (Å²) in [6, 6.07) is 8.48. The Labute approximate surface area is 211 Å². The Hall–Kier alpha value is -3.23. The van der Waals surface area contributed by atoms with Gasteiger partial charge in [0.25, 0.3) is 11.7 Å². The van der Waals surface area contributed by atoms with Crippen LogP contribution in [-0.4, -0.2) is 39.8 Å².